The highest BCUT2D eigenvalue weighted by atomic mass is 16.5. The maximum Gasteiger partial charge on any atom is 0.325 e. The Balaban J connectivity index is 1.54. The number of likely N-dealkylation sites (N-methyl/N-ethyl adjacent to an activating group) is 1. The number of ether oxygens (including phenoxy) is 1. The number of carbonyl (C=O) groups excluding carboxylic acids is 3. The minimum atomic E-state index is -0.517. The van der Waals surface area contributed by atoms with Crippen LogP contribution in [-0.4, -0.2) is 60.4 Å². The van der Waals surface area contributed by atoms with E-state index in [1.165, 1.54) is 4.90 Å². The number of hydrogen-bond donors (Lipinski definition) is 1. The molecule has 1 aromatic rings. The second-order valence-electron chi connectivity index (χ2n) is 5.46. The summed E-state index contributed by atoms with van der Waals surface area (Å²) >= 11 is 0. The highest BCUT2D eigenvalue weighted by molar-refractivity contribution is 6.04. The lowest BCUT2D eigenvalue weighted by molar-refractivity contribution is -0.136. The van der Waals surface area contributed by atoms with Gasteiger partial charge in [-0.1, -0.05) is 18.2 Å². The van der Waals surface area contributed by atoms with E-state index in [9.17, 15) is 14.4 Å². The number of para-hydroxylation sites is 1. The van der Waals surface area contributed by atoms with Gasteiger partial charge in [0.05, 0.1) is 13.1 Å². The Morgan fingerprint density at radius 2 is 2.18 bits per heavy atom. The lowest BCUT2D eigenvalue weighted by Crippen LogP contribution is -2.44. The van der Waals surface area contributed by atoms with Gasteiger partial charge in [-0.2, -0.15) is 0 Å². The van der Waals surface area contributed by atoms with Crippen molar-refractivity contribution in [2.75, 3.05) is 26.7 Å². The third kappa shape index (κ3) is 2.74. The van der Waals surface area contributed by atoms with Crippen molar-refractivity contribution in [2.24, 2.45) is 0 Å². The number of urea groups is 1. The van der Waals surface area contributed by atoms with Crippen molar-refractivity contribution in [2.45, 2.75) is 12.5 Å². The standard InChI is InChI=1S/C15H17N3O4/c1-17(14(20)9-18-13(19)7-16-15(18)21)8-11-6-10-4-2-3-5-12(10)22-11/h2-5,11H,6-9H2,1H3,(H,16,21)/t11-/m1/s1. The van der Waals surface area contributed by atoms with Gasteiger partial charge in [0.15, 0.2) is 0 Å². The summed E-state index contributed by atoms with van der Waals surface area (Å²) in [6, 6.07) is 7.26. The molecule has 2 aliphatic rings. The lowest BCUT2D eigenvalue weighted by Gasteiger charge is -2.23. The number of nitrogens with one attached hydrogen (secondary N) is 1. The average Bonchev–Trinajstić information content (AvgIpc) is 3.04. The summed E-state index contributed by atoms with van der Waals surface area (Å²) in [5.74, 6) is 0.184. The Morgan fingerprint density at radius 3 is 2.86 bits per heavy atom. The Hall–Kier alpha value is -2.57. The van der Waals surface area contributed by atoms with Crippen LogP contribution in [0.5, 0.6) is 5.75 Å². The topological polar surface area (TPSA) is 79.0 Å². The minimum absolute atomic E-state index is 0.0448. The molecule has 0 aromatic heterocycles. The van der Waals surface area contributed by atoms with Crippen molar-refractivity contribution in [3.8, 4) is 5.75 Å². The van der Waals surface area contributed by atoms with E-state index >= 15 is 0 Å². The van der Waals surface area contributed by atoms with Gasteiger partial charge in [0, 0.05) is 13.5 Å². The highest BCUT2D eigenvalue weighted by Gasteiger charge is 2.32. The molecule has 0 radical (unpaired) electrons. The molecule has 1 atom stereocenters. The van der Waals surface area contributed by atoms with Gasteiger partial charge in [-0.05, 0) is 11.6 Å². The number of hydrogen-bond acceptors (Lipinski definition) is 4. The van der Waals surface area contributed by atoms with Crippen LogP contribution in [0.1, 0.15) is 5.56 Å². The molecule has 1 fully saturated rings. The molecule has 2 aliphatic heterocycles. The van der Waals surface area contributed by atoms with Crippen LogP contribution < -0.4 is 10.1 Å². The minimum Gasteiger partial charge on any atom is -0.488 e. The Kier molecular flexibility index (Phi) is 3.70. The van der Waals surface area contributed by atoms with E-state index in [1.54, 1.807) is 7.05 Å². The molecule has 22 heavy (non-hydrogen) atoms. The summed E-state index contributed by atoms with van der Waals surface area (Å²) in [4.78, 5) is 37.5. The van der Waals surface area contributed by atoms with Crippen LogP contribution in [0, 0.1) is 0 Å². The third-order valence-corrected chi connectivity index (χ3v) is 3.85. The Morgan fingerprint density at radius 1 is 1.41 bits per heavy atom. The summed E-state index contributed by atoms with van der Waals surface area (Å²) in [6.45, 7) is 0.134. The SMILES string of the molecule is CN(C[C@H]1Cc2ccccc2O1)C(=O)CN1C(=O)CNC1=O. The first-order valence-corrected chi connectivity index (χ1v) is 7.11. The first kappa shape index (κ1) is 14.4. The van der Waals surface area contributed by atoms with E-state index in [1.807, 2.05) is 24.3 Å². The molecular formula is C15H17N3O4. The van der Waals surface area contributed by atoms with Crippen molar-refractivity contribution in [3.05, 3.63) is 29.8 Å². The molecule has 3 rings (SSSR count). The zero-order chi connectivity index (χ0) is 15.7. The van der Waals surface area contributed by atoms with E-state index in [0.717, 1.165) is 22.6 Å². The van der Waals surface area contributed by atoms with Crippen LogP contribution in [0.4, 0.5) is 4.79 Å². The molecule has 7 nitrogen and oxygen atoms in total. The van der Waals surface area contributed by atoms with E-state index in [4.69, 9.17) is 4.74 Å². The van der Waals surface area contributed by atoms with Crippen LogP contribution in [0.15, 0.2) is 24.3 Å². The van der Waals surface area contributed by atoms with Gasteiger partial charge in [-0.3, -0.25) is 14.5 Å². The van der Waals surface area contributed by atoms with Gasteiger partial charge >= 0.3 is 6.03 Å². The largest absolute Gasteiger partial charge is 0.488 e. The number of benzene rings is 1. The van der Waals surface area contributed by atoms with Gasteiger partial charge in [-0.15, -0.1) is 0 Å². The predicted octanol–water partition coefficient (Wildman–Crippen LogP) is 0.000300. The first-order valence-electron chi connectivity index (χ1n) is 7.11. The zero-order valence-electron chi connectivity index (χ0n) is 12.2. The van der Waals surface area contributed by atoms with E-state index in [-0.39, 0.29) is 31.0 Å². The number of nitrogens with zero attached hydrogens (tertiary/aromatic N) is 2. The van der Waals surface area contributed by atoms with Crippen molar-refractivity contribution in [3.63, 3.8) is 0 Å². The second-order valence-corrected chi connectivity index (χ2v) is 5.46. The fraction of sp³-hybridized carbons (Fsp3) is 0.400. The average molecular weight is 303 g/mol. The number of amides is 4. The van der Waals surface area contributed by atoms with Crippen LogP contribution >= 0.6 is 0 Å². The Labute approximate surface area is 127 Å². The summed E-state index contributed by atoms with van der Waals surface area (Å²) < 4.78 is 5.79. The summed E-state index contributed by atoms with van der Waals surface area (Å²) in [7, 11) is 1.65. The van der Waals surface area contributed by atoms with Crippen LogP contribution in [-0.2, 0) is 16.0 Å². The lowest BCUT2D eigenvalue weighted by atomic mass is 10.1. The van der Waals surface area contributed by atoms with Crippen LogP contribution in [0.25, 0.3) is 0 Å². The molecule has 7 heteroatoms. The normalized spacial score (nSPS) is 19.7. The molecule has 1 aromatic carbocycles. The Bertz CT molecular complexity index is 590. The molecule has 0 aliphatic carbocycles. The van der Waals surface area contributed by atoms with E-state index in [0.29, 0.717) is 6.54 Å². The zero-order valence-corrected chi connectivity index (χ0v) is 12.2. The maximum absolute atomic E-state index is 12.1. The molecule has 4 amide bonds. The van der Waals surface area contributed by atoms with Crippen molar-refractivity contribution in [1.29, 1.82) is 0 Å². The molecule has 0 unspecified atom stereocenters. The van der Waals surface area contributed by atoms with Gasteiger partial charge in [-0.25, -0.2) is 4.79 Å². The van der Waals surface area contributed by atoms with Crippen molar-refractivity contribution >= 4 is 17.8 Å². The van der Waals surface area contributed by atoms with Crippen LogP contribution in [0.2, 0.25) is 0 Å². The summed E-state index contributed by atoms with van der Waals surface area (Å²) in [5, 5.41) is 2.39. The number of imide groups is 1. The molecule has 0 bridgehead atoms. The molecule has 0 spiro atoms. The summed E-state index contributed by atoms with van der Waals surface area (Å²) in [6.07, 6.45) is 0.645. The van der Waals surface area contributed by atoms with Gasteiger partial charge < -0.3 is 15.0 Å². The van der Waals surface area contributed by atoms with E-state index in [2.05, 4.69) is 5.32 Å². The van der Waals surface area contributed by atoms with Crippen LogP contribution in [0.3, 0.4) is 0 Å². The number of carbonyl (C=O) groups is 3. The molecule has 1 N–H and O–H groups in total. The first-order chi connectivity index (χ1) is 10.5. The predicted molar refractivity (Wildman–Crippen MR) is 77.3 cm³/mol. The van der Waals surface area contributed by atoms with Crippen molar-refractivity contribution < 1.29 is 19.1 Å². The van der Waals surface area contributed by atoms with Gasteiger partial charge in [0.1, 0.15) is 18.4 Å². The summed E-state index contributed by atoms with van der Waals surface area (Å²) in [5.41, 5.74) is 1.13. The fourth-order valence-corrected chi connectivity index (χ4v) is 2.63. The smallest absolute Gasteiger partial charge is 0.325 e. The highest BCUT2D eigenvalue weighted by Crippen LogP contribution is 2.28. The molecule has 2 heterocycles. The van der Waals surface area contributed by atoms with Crippen molar-refractivity contribution in [1.82, 2.24) is 15.1 Å². The molecule has 1 saturated heterocycles. The fourth-order valence-electron chi connectivity index (χ4n) is 2.63. The second kappa shape index (κ2) is 5.67. The maximum atomic E-state index is 12.1. The van der Waals surface area contributed by atoms with E-state index < -0.39 is 6.03 Å². The monoisotopic (exact) mass is 303 g/mol. The third-order valence-electron chi connectivity index (χ3n) is 3.85. The molecule has 0 saturated carbocycles. The number of fused-ring (bicyclic) bond motifs is 1. The molecule has 116 valence electrons. The van der Waals surface area contributed by atoms with Gasteiger partial charge in [0.25, 0.3) is 5.91 Å². The quantitative estimate of drug-likeness (QED) is 0.794. The molecular weight excluding hydrogens is 286 g/mol. The van der Waals surface area contributed by atoms with Gasteiger partial charge in [0.2, 0.25) is 5.91 Å². The number of rotatable bonds is 4.